The molecule has 0 atom stereocenters. The third kappa shape index (κ3) is 5.91. The second-order valence-corrected chi connectivity index (χ2v) is 11.5. The zero-order chi connectivity index (χ0) is 32.5. The van der Waals surface area contributed by atoms with E-state index in [9.17, 15) is 8.78 Å². The molecule has 6 N–H and O–H groups in total. The summed E-state index contributed by atoms with van der Waals surface area (Å²) in [7, 11) is 0. The molecule has 0 radical (unpaired) electrons. The van der Waals surface area contributed by atoms with Crippen molar-refractivity contribution >= 4 is 49.6 Å². The fraction of sp³-hybridized carbons (Fsp3) is 0. The monoisotopic (exact) mass is 686 g/mol. The summed E-state index contributed by atoms with van der Waals surface area (Å²) in [6.07, 6.45) is 6.96. The summed E-state index contributed by atoms with van der Waals surface area (Å²) in [6.45, 7) is 0. The Kier molecular flexibility index (Phi) is 7.88. The normalized spacial score (nSPS) is 11.0. The molecule has 0 aliphatic heterocycles. The highest BCUT2D eigenvalue weighted by Gasteiger charge is 2.18. The molecular weight excluding hydrogens is 662 g/mol. The van der Waals surface area contributed by atoms with Crippen molar-refractivity contribution in [1.82, 2.24) is 29.9 Å². The minimum Gasteiger partial charge on any atom is -0.384 e. The molecule has 8 nitrogen and oxygen atoms in total. The molecule has 6 heterocycles. The van der Waals surface area contributed by atoms with Crippen LogP contribution in [0.2, 0.25) is 0 Å². The molecule has 2 aromatic carbocycles. The molecule has 0 spiro atoms. The van der Waals surface area contributed by atoms with Crippen LogP contribution in [0, 0.1) is 11.6 Å². The lowest BCUT2D eigenvalue weighted by atomic mass is 10.00. The van der Waals surface area contributed by atoms with E-state index in [0.29, 0.717) is 22.9 Å². The molecular formula is C36H25BrF2N8. The predicted octanol–water partition coefficient (Wildman–Crippen LogP) is 8.79. The van der Waals surface area contributed by atoms with Crippen LogP contribution in [0.15, 0.2) is 120 Å². The minimum absolute atomic E-state index is 0.266. The molecule has 0 saturated heterocycles. The van der Waals surface area contributed by atoms with Crippen molar-refractivity contribution in [3.05, 3.63) is 132 Å². The van der Waals surface area contributed by atoms with Gasteiger partial charge in [-0.15, -0.1) is 0 Å². The van der Waals surface area contributed by atoms with Gasteiger partial charge >= 0.3 is 0 Å². The van der Waals surface area contributed by atoms with E-state index < -0.39 is 0 Å². The van der Waals surface area contributed by atoms with Gasteiger partial charge in [-0.25, -0.2) is 18.7 Å². The Hall–Kier alpha value is -5.94. The van der Waals surface area contributed by atoms with Crippen LogP contribution in [0.4, 0.5) is 20.4 Å². The van der Waals surface area contributed by atoms with Crippen molar-refractivity contribution in [3.63, 3.8) is 0 Å². The zero-order valence-corrected chi connectivity index (χ0v) is 26.1. The molecule has 230 valence electrons. The first-order chi connectivity index (χ1) is 22.9. The molecule has 47 heavy (non-hydrogen) atoms. The lowest BCUT2D eigenvalue weighted by Gasteiger charge is -2.05. The number of rotatable bonds is 4. The van der Waals surface area contributed by atoms with E-state index in [1.807, 2.05) is 36.4 Å². The third-order valence-corrected chi connectivity index (χ3v) is 8.28. The van der Waals surface area contributed by atoms with Gasteiger partial charge in [0.25, 0.3) is 0 Å². The Morgan fingerprint density at radius 3 is 1.51 bits per heavy atom. The molecule has 6 aromatic heterocycles. The number of H-pyrrole nitrogens is 2. The number of benzene rings is 2. The highest BCUT2D eigenvalue weighted by Crippen LogP contribution is 2.40. The number of hydrogen-bond acceptors (Lipinski definition) is 6. The number of pyridine rings is 4. The van der Waals surface area contributed by atoms with Gasteiger partial charge in [-0.3, -0.25) is 9.97 Å². The van der Waals surface area contributed by atoms with Crippen molar-refractivity contribution in [1.29, 1.82) is 0 Å². The van der Waals surface area contributed by atoms with Gasteiger partial charge in [-0.05, 0) is 129 Å². The lowest BCUT2D eigenvalue weighted by molar-refractivity contribution is 0.627. The molecule has 11 heteroatoms. The Labute approximate surface area is 275 Å². The highest BCUT2D eigenvalue weighted by molar-refractivity contribution is 9.10. The predicted molar refractivity (Wildman–Crippen MR) is 186 cm³/mol. The first-order valence-electron chi connectivity index (χ1n) is 14.4. The SMILES string of the molecule is Nc1ccc2c(-c3ccncc3)c(-c3ccc(F)cc3)[nH]c2n1.Nc1nc2[nH]c(-c3ccc(F)cc3)c(-c3ccncc3)c2cc1Br. The maximum Gasteiger partial charge on any atom is 0.140 e. The van der Waals surface area contributed by atoms with Crippen LogP contribution in [0.25, 0.3) is 66.8 Å². The average Bonchev–Trinajstić information content (AvgIpc) is 3.65. The van der Waals surface area contributed by atoms with Crippen LogP contribution in [0.5, 0.6) is 0 Å². The summed E-state index contributed by atoms with van der Waals surface area (Å²) >= 11 is 3.43. The lowest BCUT2D eigenvalue weighted by Crippen LogP contribution is -1.91. The van der Waals surface area contributed by atoms with Gasteiger partial charge in [0.2, 0.25) is 0 Å². The number of hydrogen-bond donors (Lipinski definition) is 4. The molecule has 0 saturated carbocycles. The van der Waals surface area contributed by atoms with E-state index in [1.165, 1.54) is 24.3 Å². The molecule has 0 fully saturated rings. The summed E-state index contributed by atoms with van der Waals surface area (Å²) in [5.41, 5.74) is 20.6. The summed E-state index contributed by atoms with van der Waals surface area (Å²) in [4.78, 5) is 23.5. The number of nitrogen functional groups attached to an aromatic ring is 2. The van der Waals surface area contributed by atoms with Gasteiger partial charge in [-0.1, -0.05) is 0 Å². The van der Waals surface area contributed by atoms with Crippen LogP contribution in [0.3, 0.4) is 0 Å². The Morgan fingerprint density at radius 1 is 0.532 bits per heavy atom. The van der Waals surface area contributed by atoms with Gasteiger partial charge in [-0.2, -0.15) is 0 Å². The van der Waals surface area contributed by atoms with E-state index in [2.05, 4.69) is 45.8 Å². The number of aromatic nitrogens is 6. The molecule has 0 amide bonds. The fourth-order valence-electron chi connectivity index (χ4n) is 5.49. The Morgan fingerprint density at radius 2 is 1.00 bits per heavy atom. The van der Waals surface area contributed by atoms with Crippen LogP contribution in [-0.4, -0.2) is 29.9 Å². The van der Waals surface area contributed by atoms with Gasteiger partial charge < -0.3 is 21.4 Å². The summed E-state index contributed by atoms with van der Waals surface area (Å²) < 4.78 is 27.3. The molecule has 0 bridgehead atoms. The first kappa shape index (κ1) is 29.8. The maximum atomic E-state index is 13.3. The number of fused-ring (bicyclic) bond motifs is 2. The van der Waals surface area contributed by atoms with Crippen molar-refractivity contribution in [2.75, 3.05) is 11.5 Å². The second-order valence-electron chi connectivity index (χ2n) is 10.6. The quantitative estimate of drug-likeness (QED) is 0.146. The molecule has 0 aliphatic carbocycles. The standard InChI is InChI=1S/C18H12BrFN4.C18H13FN4/c19-14-9-13-15(10-5-7-22-8-6-10)16(23-18(13)24-17(14)21)11-1-3-12(20)4-2-11;19-13-3-1-12(2-4-13)17-16(11-7-9-21-10-8-11)14-5-6-15(20)22-18(14)23-17/h1-9H,(H3,21,23,24);1-10H,(H3,20,22,23). The smallest absolute Gasteiger partial charge is 0.140 e. The highest BCUT2D eigenvalue weighted by atomic mass is 79.9. The van der Waals surface area contributed by atoms with Crippen molar-refractivity contribution < 1.29 is 8.78 Å². The van der Waals surface area contributed by atoms with Crippen molar-refractivity contribution in [2.24, 2.45) is 0 Å². The first-order valence-corrected chi connectivity index (χ1v) is 15.2. The van der Waals surface area contributed by atoms with Gasteiger partial charge in [0, 0.05) is 46.7 Å². The zero-order valence-electron chi connectivity index (χ0n) is 24.5. The largest absolute Gasteiger partial charge is 0.384 e. The second kappa shape index (κ2) is 12.5. The van der Waals surface area contributed by atoms with Gasteiger partial charge in [0.05, 0.1) is 15.9 Å². The Bertz CT molecular complexity index is 2340. The van der Waals surface area contributed by atoms with Crippen molar-refractivity contribution in [2.45, 2.75) is 0 Å². The number of anilines is 2. The molecule has 8 rings (SSSR count). The number of nitrogens with two attached hydrogens (primary N) is 2. The number of nitrogens with one attached hydrogen (secondary N) is 2. The number of aromatic amines is 2. The molecule has 0 unspecified atom stereocenters. The van der Waals surface area contributed by atoms with Gasteiger partial charge in [0.1, 0.15) is 34.6 Å². The van der Waals surface area contributed by atoms with E-state index in [1.54, 1.807) is 55.1 Å². The number of nitrogens with zero attached hydrogens (tertiary/aromatic N) is 4. The summed E-state index contributed by atoms with van der Waals surface area (Å²) in [5, 5.41) is 1.89. The maximum absolute atomic E-state index is 13.3. The molecule has 8 aromatic rings. The topological polar surface area (TPSA) is 135 Å². The minimum atomic E-state index is -0.273. The van der Waals surface area contributed by atoms with E-state index in [0.717, 1.165) is 60.0 Å². The van der Waals surface area contributed by atoms with E-state index in [-0.39, 0.29) is 11.6 Å². The van der Waals surface area contributed by atoms with Crippen molar-refractivity contribution in [3.8, 4) is 44.8 Å². The molecule has 0 aliphatic rings. The third-order valence-electron chi connectivity index (χ3n) is 7.65. The number of halogens is 3. The fourth-order valence-corrected chi connectivity index (χ4v) is 5.81. The summed E-state index contributed by atoms with van der Waals surface area (Å²) in [6, 6.07) is 26.1. The van der Waals surface area contributed by atoms with E-state index in [4.69, 9.17) is 11.5 Å². The summed E-state index contributed by atoms with van der Waals surface area (Å²) in [5.74, 6) is 0.324. The van der Waals surface area contributed by atoms with Crippen LogP contribution in [-0.2, 0) is 0 Å². The van der Waals surface area contributed by atoms with Gasteiger partial charge in [0.15, 0.2) is 0 Å². The van der Waals surface area contributed by atoms with Crippen LogP contribution >= 0.6 is 15.9 Å². The van der Waals surface area contributed by atoms with E-state index >= 15 is 0 Å². The average molecular weight is 688 g/mol. The van der Waals surface area contributed by atoms with Crippen LogP contribution < -0.4 is 11.5 Å². The Balaban J connectivity index is 0.000000150. The van der Waals surface area contributed by atoms with Crippen LogP contribution in [0.1, 0.15) is 0 Å².